The number of aryl methyl sites for hydroxylation is 2. The largest absolute Gasteiger partial charge is 0.314 e. The smallest absolute Gasteiger partial charge is 0.0766 e. The Labute approximate surface area is 118 Å². The minimum Gasteiger partial charge on any atom is -0.314 e. The topological polar surface area (TPSA) is 29.9 Å². The second-order valence-electron chi connectivity index (χ2n) is 5.32. The first-order valence-electron chi connectivity index (χ1n) is 7.09. The van der Waals surface area contributed by atoms with Gasteiger partial charge in [-0.25, -0.2) is 0 Å². The Morgan fingerprint density at radius 2 is 2.17 bits per heavy atom. The molecule has 102 valence electrons. The summed E-state index contributed by atoms with van der Waals surface area (Å²) in [5.41, 5.74) is 2.51. The molecule has 1 saturated carbocycles. The zero-order valence-electron chi connectivity index (χ0n) is 11.7. The Hall–Kier alpha value is -0.350. The molecule has 18 heavy (non-hydrogen) atoms. The van der Waals surface area contributed by atoms with Crippen LogP contribution in [0.3, 0.4) is 0 Å². The summed E-state index contributed by atoms with van der Waals surface area (Å²) in [5.74, 6) is 0.965. The predicted octanol–water partition coefficient (Wildman–Crippen LogP) is 3.07. The van der Waals surface area contributed by atoms with Crippen molar-refractivity contribution in [1.29, 1.82) is 0 Å². The third-order valence-corrected chi connectivity index (χ3v) is 4.67. The summed E-state index contributed by atoms with van der Waals surface area (Å²) in [6.45, 7) is 5.39. The van der Waals surface area contributed by atoms with E-state index in [9.17, 15) is 0 Å². The summed E-state index contributed by atoms with van der Waals surface area (Å²) < 4.78 is 3.26. The lowest BCUT2D eigenvalue weighted by atomic mass is 10.0. The first-order chi connectivity index (χ1) is 8.65. The van der Waals surface area contributed by atoms with Gasteiger partial charge in [0.15, 0.2) is 0 Å². The van der Waals surface area contributed by atoms with Crippen molar-refractivity contribution in [3.8, 4) is 0 Å². The molecule has 2 rings (SSSR count). The van der Waals surface area contributed by atoms with Crippen LogP contribution in [0.1, 0.15) is 44.5 Å². The van der Waals surface area contributed by atoms with Gasteiger partial charge in [-0.1, -0.05) is 26.7 Å². The van der Waals surface area contributed by atoms with E-state index in [1.807, 2.05) is 4.68 Å². The maximum Gasteiger partial charge on any atom is 0.0766 e. The average molecular weight is 314 g/mol. The highest BCUT2D eigenvalue weighted by atomic mass is 79.9. The Morgan fingerprint density at radius 1 is 1.44 bits per heavy atom. The van der Waals surface area contributed by atoms with Crippen LogP contribution in [0.25, 0.3) is 0 Å². The summed E-state index contributed by atoms with van der Waals surface area (Å²) >= 11 is 3.71. The summed E-state index contributed by atoms with van der Waals surface area (Å²) in [7, 11) is 2.05. The van der Waals surface area contributed by atoms with Crippen LogP contribution >= 0.6 is 15.9 Å². The minimum absolute atomic E-state index is 0.596. The molecule has 1 heterocycles. The molecular formula is C14H24BrN3. The Kier molecular flexibility index (Phi) is 4.84. The van der Waals surface area contributed by atoms with Gasteiger partial charge in [0.05, 0.1) is 15.9 Å². The first-order valence-corrected chi connectivity index (χ1v) is 7.88. The van der Waals surface area contributed by atoms with Crippen LogP contribution < -0.4 is 5.32 Å². The zero-order valence-corrected chi connectivity index (χ0v) is 13.3. The Bertz CT molecular complexity index is 396. The quantitative estimate of drug-likeness (QED) is 0.838. The summed E-state index contributed by atoms with van der Waals surface area (Å²) in [5, 5.41) is 8.20. The van der Waals surface area contributed by atoms with Crippen molar-refractivity contribution in [1.82, 2.24) is 15.1 Å². The van der Waals surface area contributed by atoms with E-state index in [4.69, 9.17) is 0 Å². The number of hydrogen-bond donors (Lipinski definition) is 1. The molecule has 1 N–H and O–H groups in total. The predicted molar refractivity (Wildman–Crippen MR) is 78.8 cm³/mol. The molecular weight excluding hydrogens is 290 g/mol. The van der Waals surface area contributed by atoms with Gasteiger partial charge in [0, 0.05) is 19.5 Å². The third kappa shape index (κ3) is 3.35. The van der Waals surface area contributed by atoms with E-state index in [-0.39, 0.29) is 0 Å². The van der Waals surface area contributed by atoms with Crippen molar-refractivity contribution in [2.45, 2.75) is 52.0 Å². The molecule has 1 fully saturated rings. The molecule has 1 aliphatic rings. The van der Waals surface area contributed by atoms with Crippen LogP contribution in [-0.2, 0) is 19.9 Å². The summed E-state index contributed by atoms with van der Waals surface area (Å²) in [4.78, 5) is 0. The van der Waals surface area contributed by atoms with Crippen LogP contribution in [-0.4, -0.2) is 22.4 Å². The molecule has 1 aromatic heterocycles. The maximum absolute atomic E-state index is 4.58. The van der Waals surface area contributed by atoms with Crippen molar-refractivity contribution >= 4 is 15.9 Å². The molecule has 0 saturated heterocycles. The molecule has 0 aliphatic heterocycles. The number of likely N-dealkylation sites (N-methyl/N-ethyl adjacent to an activating group) is 1. The van der Waals surface area contributed by atoms with Gasteiger partial charge in [-0.05, 0) is 41.2 Å². The number of nitrogens with zero attached hydrogens (tertiary/aromatic N) is 2. The van der Waals surface area contributed by atoms with E-state index in [1.54, 1.807) is 0 Å². The normalized spacial score (nSPS) is 17.1. The van der Waals surface area contributed by atoms with E-state index < -0.39 is 0 Å². The van der Waals surface area contributed by atoms with Crippen molar-refractivity contribution in [2.75, 3.05) is 6.54 Å². The lowest BCUT2D eigenvalue weighted by Gasteiger charge is -2.18. The van der Waals surface area contributed by atoms with Crippen LogP contribution in [0, 0.1) is 5.92 Å². The van der Waals surface area contributed by atoms with Gasteiger partial charge < -0.3 is 5.32 Å². The highest BCUT2D eigenvalue weighted by Gasteiger charge is 2.26. The van der Waals surface area contributed by atoms with Gasteiger partial charge >= 0.3 is 0 Å². The van der Waals surface area contributed by atoms with E-state index in [2.05, 4.69) is 47.2 Å². The molecule has 3 nitrogen and oxygen atoms in total. The minimum atomic E-state index is 0.596. The van der Waals surface area contributed by atoms with Crippen LogP contribution in [0.2, 0.25) is 0 Å². The molecule has 4 heteroatoms. The molecule has 1 atom stereocenters. The monoisotopic (exact) mass is 313 g/mol. The second kappa shape index (κ2) is 6.20. The van der Waals surface area contributed by atoms with Crippen LogP contribution in [0.15, 0.2) is 4.47 Å². The fourth-order valence-corrected chi connectivity index (χ4v) is 3.34. The first kappa shape index (κ1) is 14.1. The second-order valence-corrected chi connectivity index (χ2v) is 6.12. The number of aromatic nitrogens is 2. The summed E-state index contributed by atoms with van der Waals surface area (Å²) in [6.07, 6.45) is 6.23. The van der Waals surface area contributed by atoms with Crippen molar-refractivity contribution < 1.29 is 0 Å². The van der Waals surface area contributed by atoms with Crippen LogP contribution in [0.4, 0.5) is 0 Å². The fraction of sp³-hybridized carbons (Fsp3) is 0.786. The molecule has 1 aromatic rings. The van der Waals surface area contributed by atoms with Crippen LogP contribution in [0.5, 0.6) is 0 Å². The fourth-order valence-electron chi connectivity index (χ4n) is 2.56. The molecule has 0 amide bonds. The SMILES string of the molecule is CCNC(Cc1c(Br)c(CC)nn1C)CC1CC1. The Morgan fingerprint density at radius 3 is 2.67 bits per heavy atom. The number of halogens is 1. The lowest BCUT2D eigenvalue weighted by Crippen LogP contribution is -2.32. The lowest BCUT2D eigenvalue weighted by molar-refractivity contribution is 0.454. The van der Waals surface area contributed by atoms with Gasteiger partial charge in [-0.15, -0.1) is 0 Å². The van der Waals surface area contributed by atoms with Crippen molar-refractivity contribution in [3.05, 3.63) is 15.9 Å². The third-order valence-electron chi connectivity index (χ3n) is 3.75. The van der Waals surface area contributed by atoms with E-state index in [1.165, 1.54) is 35.1 Å². The number of rotatable bonds is 7. The Balaban J connectivity index is 2.06. The van der Waals surface area contributed by atoms with Gasteiger partial charge in [0.2, 0.25) is 0 Å². The number of nitrogens with one attached hydrogen (secondary N) is 1. The van der Waals surface area contributed by atoms with Gasteiger partial charge in [0.1, 0.15) is 0 Å². The van der Waals surface area contributed by atoms with Gasteiger partial charge in [-0.3, -0.25) is 4.68 Å². The maximum atomic E-state index is 4.58. The zero-order chi connectivity index (χ0) is 13.1. The molecule has 0 aromatic carbocycles. The average Bonchev–Trinajstić information content (AvgIpc) is 3.11. The number of hydrogen-bond acceptors (Lipinski definition) is 2. The highest BCUT2D eigenvalue weighted by molar-refractivity contribution is 9.10. The molecule has 0 bridgehead atoms. The molecule has 1 unspecified atom stereocenters. The van der Waals surface area contributed by atoms with E-state index >= 15 is 0 Å². The van der Waals surface area contributed by atoms with Crippen molar-refractivity contribution in [3.63, 3.8) is 0 Å². The highest BCUT2D eigenvalue weighted by Crippen LogP contribution is 2.34. The molecule has 1 aliphatic carbocycles. The van der Waals surface area contributed by atoms with E-state index in [0.29, 0.717) is 6.04 Å². The molecule has 0 radical (unpaired) electrons. The van der Waals surface area contributed by atoms with Crippen molar-refractivity contribution in [2.24, 2.45) is 13.0 Å². The molecule has 0 spiro atoms. The van der Waals surface area contributed by atoms with Gasteiger partial charge in [0.25, 0.3) is 0 Å². The van der Waals surface area contributed by atoms with E-state index in [0.717, 1.165) is 25.3 Å². The standard InChI is InChI=1S/C14H24BrN3/c1-4-12-14(15)13(18(3)17-12)9-11(16-5-2)8-10-6-7-10/h10-11,16H,4-9H2,1-3H3. The summed E-state index contributed by atoms with van der Waals surface area (Å²) in [6, 6.07) is 0.596. The van der Waals surface area contributed by atoms with Gasteiger partial charge in [-0.2, -0.15) is 5.10 Å².